The highest BCUT2D eigenvalue weighted by Gasteiger charge is 2.31. The Morgan fingerprint density at radius 3 is 2.50 bits per heavy atom. The first-order valence-electron chi connectivity index (χ1n) is 5.90. The number of rotatable bonds is 3. The number of aromatic nitrogens is 2. The van der Waals surface area contributed by atoms with Gasteiger partial charge in [0.2, 0.25) is 0 Å². The van der Waals surface area contributed by atoms with E-state index in [2.05, 4.69) is 10.4 Å². The van der Waals surface area contributed by atoms with Crippen LogP contribution in [0.25, 0.3) is 0 Å². The molecule has 0 aliphatic rings. The van der Waals surface area contributed by atoms with Crippen molar-refractivity contribution in [2.75, 3.05) is 5.32 Å². The van der Waals surface area contributed by atoms with Gasteiger partial charge in [-0.25, -0.2) is 4.39 Å². The lowest BCUT2D eigenvalue weighted by molar-refractivity contribution is -0.137. The summed E-state index contributed by atoms with van der Waals surface area (Å²) in [4.78, 5) is 0. The van der Waals surface area contributed by atoms with Crippen LogP contribution in [0.1, 0.15) is 24.2 Å². The summed E-state index contributed by atoms with van der Waals surface area (Å²) in [5.74, 6) is -0.730. The minimum Gasteiger partial charge on any atom is -0.375 e. The second-order valence-corrected chi connectivity index (χ2v) is 4.44. The molecular formula is C13H13F4N3. The monoisotopic (exact) mass is 287 g/mol. The third-order valence-corrected chi connectivity index (χ3v) is 2.97. The predicted molar refractivity (Wildman–Crippen MR) is 66.6 cm³/mol. The lowest BCUT2D eigenvalue weighted by Gasteiger charge is -2.17. The highest BCUT2D eigenvalue weighted by atomic mass is 19.4. The van der Waals surface area contributed by atoms with Crippen LogP contribution in [-0.4, -0.2) is 9.78 Å². The maximum absolute atomic E-state index is 13.6. The molecule has 0 amide bonds. The first-order valence-corrected chi connectivity index (χ1v) is 5.90. The number of hydrogen-bond donors (Lipinski definition) is 1. The summed E-state index contributed by atoms with van der Waals surface area (Å²) >= 11 is 0. The summed E-state index contributed by atoms with van der Waals surface area (Å²) in [5, 5.41) is 6.69. The van der Waals surface area contributed by atoms with Gasteiger partial charge in [0.1, 0.15) is 5.82 Å². The summed E-state index contributed by atoms with van der Waals surface area (Å²) in [6.45, 7) is 1.72. The van der Waals surface area contributed by atoms with Gasteiger partial charge in [0.25, 0.3) is 0 Å². The van der Waals surface area contributed by atoms with Gasteiger partial charge < -0.3 is 5.32 Å². The van der Waals surface area contributed by atoms with Crippen LogP contribution in [0.5, 0.6) is 0 Å². The molecule has 0 fully saturated rings. The quantitative estimate of drug-likeness (QED) is 0.871. The van der Waals surface area contributed by atoms with Crippen LogP contribution in [0.3, 0.4) is 0 Å². The number of hydrogen-bond acceptors (Lipinski definition) is 2. The molecule has 1 N–H and O–H groups in total. The van der Waals surface area contributed by atoms with Crippen LogP contribution in [0.15, 0.2) is 30.5 Å². The van der Waals surface area contributed by atoms with Crippen LogP contribution < -0.4 is 5.32 Å². The lowest BCUT2D eigenvalue weighted by atomic mass is 10.1. The van der Waals surface area contributed by atoms with Crippen LogP contribution in [-0.2, 0) is 13.2 Å². The Kier molecular flexibility index (Phi) is 3.69. The highest BCUT2D eigenvalue weighted by Crippen LogP contribution is 2.32. The molecule has 20 heavy (non-hydrogen) atoms. The SMILES string of the molecule is CC(Nc1cc(C(F)(F)F)ccc1F)c1ccnn1C. The van der Waals surface area contributed by atoms with E-state index < -0.39 is 17.6 Å². The van der Waals surface area contributed by atoms with Crippen molar-refractivity contribution >= 4 is 5.69 Å². The third-order valence-electron chi connectivity index (χ3n) is 2.97. The number of benzene rings is 1. The Labute approximate surface area is 113 Å². The average molecular weight is 287 g/mol. The van der Waals surface area contributed by atoms with Crippen molar-refractivity contribution in [3.05, 3.63) is 47.5 Å². The zero-order chi connectivity index (χ0) is 14.9. The van der Waals surface area contributed by atoms with Gasteiger partial charge >= 0.3 is 6.18 Å². The van der Waals surface area contributed by atoms with Gasteiger partial charge in [0.05, 0.1) is 23.0 Å². The summed E-state index contributed by atoms with van der Waals surface area (Å²) in [7, 11) is 1.70. The Morgan fingerprint density at radius 1 is 1.25 bits per heavy atom. The van der Waals surface area contributed by atoms with Crippen molar-refractivity contribution in [3.63, 3.8) is 0 Å². The van der Waals surface area contributed by atoms with E-state index in [1.165, 1.54) is 0 Å². The number of nitrogens with one attached hydrogen (secondary N) is 1. The van der Waals surface area contributed by atoms with E-state index in [0.29, 0.717) is 0 Å². The van der Waals surface area contributed by atoms with Crippen molar-refractivity contribution in [2.24, 2.45) is 7.05 Å². The zero-order valence-electron chi connectivity index (χ0n) is 10.9. The molecule has 0 saturated carbocycles. The lowest BCUT2D eigenvalue weighted by Crippen LogP contribution is -2.13. The molecular weight excluding hydrogens is 274 g/mol. The van der Waals surface area contributed by atoms with Gasteiger partial charge in [-0.05, 0) is 31.2 Å². The number of nitrogens with zero attached hydrogens (tertiary/aromatic N) is 2. The minimum atomic E-state index is -4.50. The number of anilines is 1. The third kappa shape index (κ3) is 2.92. The molecule has 108 valence electrons. The fourth-order valence-electron chi connectivity index (χ4n) is 1.93. The molecule has 0 saturated heterocycles. The maximum atomic E-state index is 13.6. The number of aryl methyl sites for hydroxylation is 1. The molecule has 1 aromatic carbocycles. The molecule has 1 heterocycles. The van der Waals surface area contributed by atoms with Crippen molar-refractivity contribution in [2.45, 2.75) is 19.1 Å². The van der Waals surface area contributed by atoms with Gasteiger partial charge in [-0.3, -0.25) is 4.68 Å². The molecule has 2 rings (SSSR count). The van der Waals surface area contributed by atoms with E-state index in [0.717, 1.165) is 23.9 Å². The molecule has 7 heteroatoms. The first kappa shape index (κ1) is 14.4. The average Bonchev–Trinajstić information content (AvgIpc) is 2.77. The van der Waals surface area contributed by atoms with Gasteiger partial charge in [0.15, 0.2) is 0 Å². The minimum absolute atomic E-state index is 0.187. The second kappa shape index (κ2) is 5.15. The molecule has 3 nitrogen and oxygen atoms in total. The molecule has 2 aromatic rings. The number of halogens is 4. The van der Waals surface area contributed by atoms with Crippen molar-refractivity contribution in [1.29, 1.82) is 0 Å². The number of alkyl halides is 3. The van der Waals surface area contributed by atoms with Crippen molar-refractivity contribution in [1.82, 2.24) is 9.78 Å². The van der Waals surface area contributed by atoms with E-state index in [1.54, 1.807) is 30.9 Å². The van der Waals surface area contributed by atoms with Crippen LogP contribution >= 0.6 is 0 Å². The Morgan fingerprint density at radius 2 is 1.95 bits per heavy atom. The predicted octanol–water partition coefficient (Wildman–Crippen LogP) is 3.75. The van der Waals surface area contributed by atoms with Gasteiger partial charge in [0, 0.05) is 13.2 Å². The zero-order valence-corrected chi connectivity index (χ0v) is 10.9. The molecule has 0 spiro atoms. The van der Waals surface area contributed by atoms with E-state index >= 15 is 0 Å². The molecule has 1 unspecified atom stereocenters. The van der Waals surface area contributed by atoms with Gasteiger partial charge in [-0.2, -0.15) is 18.3 Å². The highest BCUT2D eigenvalue weighted by molar-refractivity contribution is 5.49. The molecule has 1 aromatic heterocycles. The Hall–Kier alpha value is -2.05. The smallest absolute Gasteiger partial charge is 0.375 e. The van der Waals surface area contributed by atoms with Gasteiger partial charge in [-0.1, -0.05) is 0 Å². The van der Waals surface area contributed by atoms with Gasteiger partial charge in [-0.15, -0.1) is 0 Å². The van der Waals surface area contributed by atoms with Crippen molar-refractivity contribution < 1.29 is 17.6 Å². The largest absolute Gasteiger partial charge is 0.416 e. The van der Waals surface area contributed by atoms with E-state index in [-0.39, 0.29) is 11.7 Å². The molecule has 0 bridgehead atoms. The molecule has 0 aliphatic heterocycles. The fourth-order valence-corrected chi connectivity index (χ4v) is 1.93. The van der Waals surface area contributed by atoms with Crippen LogP contribution in [0.4, 0.5) is 23.2 Å². The van der Waals surface area contributed by atoms with Crippen LogP contribution in [0.2, 0.25) is 0 Å². The Balaban J connectivity index is 2.27. The fraction of sp³-hybridized carbons (Fsp3) is 0.308. The topological polar surface area (TPSA) is 29.9 Å². The van der Waals surface area contributed by atoms with E-state index in [9.17, 15) is 17.6 Å². The maximum Gasteiger partial charge on any atom is 0.416 e. The Bertz CT molecular complexity index is 604. The summed E-state index contributed by atoms with van der Waals surface area (Å²) < 4.78 is 53.0. The molecule has 0 radical (unpaired) electrons. The van der Waals surface area contributed by atoms with E-state index in [4.69, 9.17) is 0 Å². The molecule has 1 atom stereocenters. The standard InChI is InChI=1S/C13H13F4N3/c1-8(12-5-6-18-20(12)2)19-11-7-9(13(15,16)17)3-4-10(11)14/h3-8,19H,1-2H3. The van der Waals surface area contributed by atoms with E-state index in [1.807, 2.05) is 0 Å². The van der Waals surface area contributed by atoms with Crippen molar-refractivity contribution in [3.8, 4) is 0 Å². The second-order valence-electron chi connectivity index (χ2n) is 4.44. The summed E-state index contributed by atoms with van der Waals surface area (Å²) in [5.41, 5.74) is -0.339. The molecule has 0 aliphatic carbocycles. The normalized spacial score (nSPS) is 13.3. The summed E-state index contributed by atoms with van der Waals surface area (Å²) in [6, 6.07) is 3.63. The summed E-state index contributed by atoms with van der Waals surface area (Å²) in [6.07, 6.45) is -2.93. The first-order chi connectivity index (χ1) is 9.29. The van der Waals surface area contributed by atoms with Crippen LogP contribution in [0, 0.1) is 5.82 Å².